The molecular formula is C36H72. The van der Waals surface area contributed by atoms with Gasteiger partial charge in [-0.25, -0.2) is 0 Å². The molecule has 0 fully saturated rings. The molecule has 0 aromatic heterocycles. The Balaban J connectivity index is -0.000000460. The van der Waals surface area contributed by atoms with E-state index in [1.807, 2.05) is 18.2 Å². The van der Waals surface area contributed by atoms with Crippen LogP contribution in [0.4, 0.5) is 0 Å². The highest BCUT2D eigenvalue weighted by Gasteiger charge is 1.92. The van der Waals surface area contributed by atoms with Crippen LogP contribution in [-0.4, -0.2) is 0 Å². The fraction of sp³-hybridized carbons (Fsp3) is 0.833. The van der Waals surface area contributed by atoms with Crippen molar-refractivity contribution in [3.63, 3.8) is 0 Å². The van der Waals surface area contributed by atoms with Gasteiger partial charge in [0.15, 0.2) is 0 Å². The van der Waals surface area contributed by atoms with Gasteiger partial charge in [-0.15, -0.1) is 19.7 Å². The first-order valence-electron chi connectivity index (χ1n) is 16.6. The number of hydrogen-bond donors (Lipinski definition) is 0. The minimum absolute atomic E-state index is 1.20. The summed E-state index contributed by atoms with van der Waals surface area (Å²) in [6.45, 7) is 17.9. The van der Waals surface area contributed by atoms with Crippen LogP contribution in [0.15, 0.2) is 38.0 Å². The molecular weight excluding hydrogens is 432 g/mol. The molecule has 0 rings (SSSR count). The third-order valence-electron chi connectivity index (χ3n) is 6.79. The lowest BCUT2D eigenvalue weighted by Crippen LogP contribution is -1.81. The van der Waals surface area contributed by atoms with Crippen molar-refractivity contribution in [1.82, 2.24) is 0 Å². The molecule has 0 aliphatic carbocycles. The molecule has 0 spiro atoms. The quantitative estimate of drug-likeness (QED) is 0.0770. The molecule has 0 aliphatic rings. The highest BCUT2D eigenvalue weighted by Crippen LogP contribution is 2.11. The lowest BCUT2D eigenvalue weighted by atomic mass is 10.1. The summed E-state index contributed by atoms with van der Waals surface area (Å²) >= 11 is 0. The van der Waals surface area contributed by atoms with Gasteiger partial charge >= 0.3 is 0 Å². The molecule has 0 N–H and O–H groups in total. The summed E-state index contributed by atoms with van der Waals surface area (Å²) in [5, 5.41) is 0. The zero-order valence-corrected chi connectivity index (χ0v) is 25.9. The highest BCUT2D eigenvalue weighted by atomic mass is 14.0. The van der Waals surface area contributed by atoms with Crippen molar-refractivity contribution < 1.29 is 0 Å². The van der Waals surface area contributed by atoms with Gasteiger partial charge in [0, 0.05) is 0 Å². The largest absolute Gasteiger partial charge is 0.103 e. The van der Waals surface area contributed by atoms with Crippen molar-refractivity contribution >= 4 is 0 Å². The Morgan fingerprint density at radius 2 is 0.444 bits per heavy atom. The van der Waals surface area contributed by atoms with E-state index in [9.17, 15) is 0 Å². The second kappa shape index (κ2) is 44.2. The Kier molecular flexibility index (Phi) is 48.8. The third kappa shape index (κ3) is 50.2. The maximum atomic E-state index is 3.74. The maximum absolute atomic E-state index is 3.74. The Hall–Kier alpha value is -0.780. The summed E-state index contributed by atoms with van der Waals surface area (Å²) < 4.78 is 0. The molecule has 0 aromatic carbocycles. The summed E-state index contributed by atoms with van der Waals surface area (Å²) in [4.78, 5) is 0. The topological polar surface area (TPSA) is 0 Å². The molecule has 0 atom stereocenters. The van der Waals surface area contributed by atoms with Crippen LogP contribution in [-0.2, 0) is 0 Å². The average molecular weight is 505 g/mol. The minimum Gasteiger partial charge on any atom is -0.103 e. The fourth-order valence-electron chi connectivity index (χ4n) is 4.27. The summed E-state index contributed by atoms with van der Waals surface area (Å²) in [6, 6.07) is 0. The lowest BCUT2D eigenvalue weighted by molar-refractivity contribution is 0.558. The van der Waals surface area contributed by atoms with E-state index in [4.69, 9.17) is 0 Å². The summed E-state index contributed by atoms with van der Waals surface area (Å²) in [7, 11) is 0. The Labute approximate surface area is 231 Å². The predicted octanol–water partition coefficient (Wildman–Crippen LogP) is 14.1. The molecule has 0 saturated carbocycles. The van der Waals surface area contributed by atoms with E-state index in [1.54, 1.807) is 0 Å². The first-order valence-corrected chi connectivity index (χ1v) is 16.6. The highest BCUT2D eigenvalue weighted by molar-refractivity contribution is 4.66. The molecule has 0 radical (unpaired) electrons. The number of allylic oxidation sites excluding steroid dienone is 3. The van der Waals surface area contributed by atoms with Crippen LogP contribution in [0.1, 0.15) is 194 Å². The van der Waals surface area contributed by atoms with E-state index in [0.717, 1.165) is 0 Å². The first-order chi connectivity index (χ1) is 17.7. The summed E-state index contributed by atoms with van der Waals surface area (Å²) in [6.07, 6.45) is 43.6. The standard InChI is InChI=1S/C14H28.C12H24.C10H20/c1-3-5-7-9-11-13-14-12-10-8-6-4-2;1-3-5-7-9-11-12-10-8-6-4-2;1-3-5-7-9-10-8-6-4-2/h3H,1,4-14H2,2H3;3H,1,4-12H2,2H3;3H,1,4-10H2,2H3. The van der Waals surface area contributed by atoms with Crippen LogP contribution in [0.3, 0.4) is 0 Å². The number of unbranched alkanes of at least 4 members (excludes halogenated alkanes) is 24. The van der Waals surface area contributed by atoms with E-state index in [0.29, 0.717) is 0 Å². The number of rotatable bonds is 27. The zero-order valence-electron chi connectivity index (χ0n) is 25.9. The van der Waals surface area contributed by atoms with Gasteiger partial charge in [0.05, 0.1) is 0 Å². The molecule has 0 bridgehead atoms. The van der Waals surface area contributed by atoms with Gasteiger partial charge in [0.1, 0.15) is 0 Å². The first kappa shape index (κ1) is 39.7. The van der Waals surface area contributed by atoms with Gasteiger partial charge in [0.25, 0.3) is 0 Å². The lowest BCUT2D eigenvalue weighted by Gasteiger charge is -2.00. The van der Waals surface area contributed by atoms with Crippen molar-refractivity contribution in [2.75, 3.05) is 0 Å². The Morgan fingerprint density at radius 3 is 0.611 bits per heavy atom. The molecule has 0 amide bonds. The van der Waals surface area contributed by atoms with Crippen LogP contribution in [0.2, 0.25) is 0 Å². The third-order valence-corrected chi connectivity index (χ3v) is 6.79. The van der Waals surface area contributed by atoms with Crippen molar-refractivity contribution in [2.24, 2.45) is 0 Å². The molecule has 216 valence electrons. The minimum atomic E-state index is 1.20. The predicted molar refractivity (Wildman–Crippen MR) is 172 cm³/mol. The SMILES string of the molecule is C=CCCCCCCCC.C=CCCCCCCCCCC.C=CCCCCCCCCCCCC. The molecule has 0 heterocycles. The van der Waals surface area contributed by atoms with E-state index in [2.05, 4.69) is 40.5 Å². The molecule has 0 aliphatic heterocycles. The van der Waals surface area contributed by atoms with Crippen molar-refractivity contribution in [3.8, 4) is 0 Å². The normalized spacial score (nSPS) is 10.1. The summed E-state index contributed by atoms with van der Waals surface area (Å²) in [5.74, 6) is 0. The van der Waals surface area contributed by atoms with Gasteiger partial charge in [0.2, 0.25) is 0 Å². The van der Waals surface area contributed by atoms with E-state index < -0.39 is 0 Å². The zero-order chi connectivity index (χ0) is 27.2. The van der Waals surface area contributed by atoms with E-state index in [1.165, 1.54) is 173 Å². The van der Waals surface area contributed by atoms with Crippen LogP contribution in [0.25, 0.3) is 0 Å². The molecule has 0 heteroatoms. The molecule has 0 aromatic rings. The van der Waals surface area contributed by atoms with Crippen LogP contribution < -0.4 is 0 Å². The Bertz CT molecular complexity index is 366. The van der Waals surface area contributed by atoms with Crippen LogP contribution >= 0.6 is 0 Å². The Morgan fingerprint density at radius 1 is 0.278 bits per heavy atom. The van der Waals surface area contributed by atoms with Crippen LogP contribution in [0.5, 0.6) is 0 Å². The summed E-state index contributed by atoms with van der Waals surface area (Å²) in [5.41, 5.74) is 0. The molecule has 0 unspecified atom stereocenters. The van der Waals surface area contributed by atoms with Crippen molar-refractivity contribution in [2.45, 2.75) is 194 Å². The van der Waals surface area contributed by atoms with Gasteiger partial charge in [-0.3, -0.25) is 0 Å². The average Bonchev–Trinajstić information content (AvgIpc) is 2.90. The number of hydrogen-bond acceptors (Lipinski definition) is 0. The van der Waals surface area contributed by atoms with Gasteiger partial charge < -0.3 is 0 Å². The monoisotopic (exact) mass is 505 g/mol. The van der Waals surface area contributed by atoms with Crippen molar-refractivity contribution in [3.05, 3.63) is 38.0 Å². The van der Waals surface area contributed by atoms with Gasteiger partial charge in [-0.05, 0) is 38.5 Å². The van der Waals surface area contributed by atoms with Crippen molar-refractivity contribution in [1.29, 1.82) is 0 Å². The smallest absolute Gasteiger partial charge is 0.0353 e. The second-order valence-electron chi connectivity index (χ2n) is 10.7. The van der Waals surface area contributed by atoms with Gasteiger partial charge in [-0.1, -0.05) is 174 Å². The van der Waals surface area contributed by atoms with Gasteiger partial charge in [-0.2, -0.15) is 0 Å². The maximum Gasteiger partial charge on any atom is -0.0353 e. The fourth-order valence-corrected chi connectivity index (χ4v) is 4.27. The molecule has 0 nitrogen and oxygen atoms in total. The van der Waals surface area contributed by atoms with Crippen LogP contribution in [0, 0.1) is 0 Å². The second-order valence-corrected chi connectivity index (χ2v) is 10.7. The van der Waals surface area contributed by atoms with E-state index in [-0.39, 0.29) is 0 Å². The molecule has 36 heavy (non-hydrogen) atoms. The molecule has 0 saturated heterocycles. The van der Waals surface area contributed by atoms with E-state index >= 15 is 0 Å².